The van der Waals surface area contributed by atoms with Crippen LogP contribution in [0.25, 0.3) is 0 Å². The zero-order chi connectivity index (χ0) is 40.5. The quantitative estimate of drug-likeness (QED) is 0.290. The van der Waals surface area contributed by atoms with Crippen LogP contribution in [0.15, 0.2) is 60.7 Å². The van der Waals surface area contributed by atoms with Crippen molar-refractivity contribution in [3.63, 3.8) is 0 Å². The molecule has 4 heterocycles. The van der Waals surface area contributed by atoms with Gasteiger partial charge in [-0.25, -0.2) is 0 Å². The number of nitrogens with one attached hydrogen (secondary N) is 1. The molecule has 3 saturated heterocycles. The summed E-state index contributed by atoms with van der Waals surface area (Å²) in [6, 6.07) is 20.0. The minimum atomic E-state index is -0.975. The number of ether oxygens (including phenoxy) is 1. The Bertz CT molecular complexity index is 2130. The number of halogens is 1. The smallest absolute Gasteiger partial charge is 0.262 e. The van der Waals surface area contributed by atoms with E-state index in [4.69, 9.17) is 21.6 Å². The van der Waals surface area contributed by atoms with Crippen molar-refractivity contribution in [1.29, 1.82) is 5.26 Å². The van der Waals surface area contributed by atoms with Crippen molar-refractivity contribution in [2.75, 3.05) is 62.7 Å². The summed E-state index contributed by atoms with van der Waals surface area (Å²) in [6.07, 6.45) is 6.15. The third kappa shape index (κ3) is 8.13. The molecule has 5 amide bonds. The molecular formula is C44H48ClN7O6. The van der Waals surface area contributed by atoms with Gasteiger partial charge in [-0.15, -0.1) is 0 Å². The number of nitrogens with zero attached hydrogens (tertiary/aromatic N) is 6. The maximum Gasteiger partial charge on any atom is 0.262 e. The number of carbonyl (C=O) groups is 5. The molecule has 4 fully saturated rings. The predicted octanol–water partition coefficient (Wildman–Crippen LogP) is 5.11. The van der Waals surface area contributed by atoms with E-state index in [1.807, 2.05) is 35.2 Å². The van der Waals surface area contributed by atoms with Crippen LogP contribution < -0.4 is 19.9 Å². The molecular weight excluding hydrogens is 758 g/mol. The highest BCUT2D eigenvalue weighted by atomic mass is 35.5. The highest BCUT2D eigenvalue weighted by Gasteiger charge is 2.45. The van der Waals surface area contributed by atoms with E-state index in [9.17, 15) is 24.0 Å². The van der Waals surface area contributed by atoms with Crippen LogP contribution in [0, 0.1) is 17.2 Å². The SMILES string of the molecule is CN(c1ccc(C(=O)N2CCN(CC3CCN(c4ccc5c(c4)C(=O)N(C4CCC(=O)NC4=O)C5=O)CC3)CC2)cc1)[C@H]1CC[C@H](Oc2ccc(C#N)c(Cl)c2)CC1. The largest absolute Gasteiger partial charge is 0.490 e. The van der Waals surface area contributed by atoms with E-state index in [1.54, 1.807) is 30.3 Å². The topological polar surface area (TPSA) is 147 Å². The van der Waals surface area contributed by atoms with Gasteiger partial charge >= 0.3 is 0 Å². The molecule has 3 aromatic rings. The summed E-state index contributed by atoms with van der Waals surface area (Å²) >= 11 is 6.19. The second kappa shape index (κ2) is 16.8. The number of fused-ring (bicyclic) bond motifs is 1. The van der Waals surface area contributed by atoms with Crippen molar-refractivity contribution in [3.05, 3.63) is 87.9 Å². The Kier molecular flexibility index (Phi) is 11.4. The van der Waals surface area contributed by atoms with Gasteiger partial charge in [-0.3, -0.25) is 39.1 Å². The normalized spacial score (nSPS) is 23.1. The standard InChI is InChI=1S/C44H48ClN7O6/c1-48(32-7-11-34(12-8-32)58-35-10-4-30(26-46)38(45)25-35)31-5-2-29(3-6-31)42(55)51-22-20-49(21-23-51)27-28-16-18-50(19-17-28)33-9-13-36-37(24-33)44(57)52(43(36)56)39-14-15-40(53)47-41(39)54/h2-6,9-10,13,24-25,28,32,34,39H,7-8,11-12,14-23,27H2,1H3,(H,47,53,54)/t32-,34-,39?. The number of rotatable bonds is 9. The molecule has 1 N–H and O–H groups in total. The first kappa shape index (κ1) is 39.4. The van der Waals surface area contributed by atoms with Crippen LogP contribution in [-0.2, 0) is 9.59 Å². The molecule has 4 aliphatic heterocycles. The van der Waals surface area contributed by atoms with Gasteiger partial charge in [-0.05, 0) is 105 Å². The fourth-order valence-electron chi connectivity index (χ4n) is 9.16. The lowest BCUT2D eigenvalue weighted by Gasteiger charge is -2.39. The zero-order valence-corrected chi connectivity index (χ0v) is 33.5. The van der Waals surface area contributed by atoms with Gasteiger partial charge in [0.1, 0.15) is 17.9 Å². The first-order chi connectivity index (χ1) is 28.1. The lowest BCUT2D eigenvalue weighted by molar-refractivity contribution is -0.136. The van der Waals surface area contributed by atoms with Crippen LogP contribution in [0.1, 0.15) is 88.0 Å². The van der Waals surface area contributed by atoms with Crippen LogP contribution in [0.5, 0.6) is 5.75 Å². The molecule has 13 nitrogen and oxygen atoms in total. The second-order valence-corrected chi connectivity index (χ2v) is 16.6. The second-order valence-electron chi connectivity index (χ2n) is 16.2. The number of carbonyl (C=O) groups excluding carboxylic acids is 5. The van der Waals surface area contributed by atoms with E-state index < -0.39 is 29.7 Å². The van der Waals surface area contributed by atoms with Gasteiger partial charge in [0.05, 0.1) is 27.8 Å². The molecule has 1 saturated carbocycles. The van der Waals surface area contributed by atoms with Gasteiger partial charge in [0.2, 0.25) is 11.8 Å². The molecule has 1 unspecified atom stereocenters. The van der Waals surface area contributed by atoms with E-state index in [-0.39, 0.29) is 24.9 Å². The van der Waals surface area contributed by atoms with Crippen molar-refractivity contribution in [2.45, 2.75) is 69.6 Å². The molecule has 8 rings (SSSR count). The summed E-state index contributed by atoms with van der Waals surface area (Å²) in [4.78, 5) is 74.0. The maximum absolute atomic E-state index is 13.5. The minimum absolute atomic E-state index is 0.0671. The van der Waals surface area contributed by atoms with Crippen molar-refractivity contribution in [3.8, 4) is 11.8 Å². The molecule has 302 valence electrons. The molecule has 0 radical (unpaired) electrons. The zero-order valence-electron chi connectivity index (χ0n) is 32.7. The van der Waals surface area contributed by atoms with E-state index in [0.717, 1.165) is 87.5 Å². The molecule has 14 heteroatoms. The van der Waals surface area contributed by atoms with Crippen LogP contribution in [-0.4, -0.2) is 115 Å². The Balaban J connectivity index is 0.764. The summed E-state index contributed by atoms with van der Waals surface area (Å²) < 4.78 is 6.18. The van der Waals surface area contributed by atoms with Crippen molar-refractivity contribution in [1.82, 2.24) is 20.0 Å². The Labute approximate surface area is 343 Å². The van der Waals surface area contributed by atoms with E-state index >= 15 is 0 Å². The van der Waals surface area contributed by atoms with E-state index in [1.165, 1.54) is 0 Å². The van der Waals surface area contributed by atoms with Gasteiger partial charge in [0.15, 0.2) is 0 Å². The van der Waals surface area contributed by atoms with Crippen molar-refractivity contribution in [2.24, 2.45) is 5.92 Å². The van der Waals surface area contributed by atoms with Crippen LogP contribution in [0.2, 0.25) is 5.02 Å². The average Bonchev–Trinajstić information content (AvgIpc) is 3.49. The van der Waals surface area contributed by atoms with Gasteiger partial charge in [0, 0.05) is 88.3 Å². The van der Waals surface area contributed by atoms with Gasteiger partial charge < -0.3 is 19.4 Å². The molecule has 3 aromatic carbocycles. The fourth-order valence-corrected chi connectivity index (χ4v) is 9.38. The fraction of sp³-hybridized carbons (Fsp3) is 0.455. The molecule has 1 aliphatic carbocycles. The van der Waals surface area contributed by atoms with Gasteiger partial charge in [-0.2, -0.15) is 5.26 Å². The molecule has 0 spiro atoms. The number of benzene rings is 3. The number of imide groups is 2. The van der Waals surface area contributed by atoms with E-state index in [0.29, 0.717) is 58.1 Å². The lowest BCUT2D eigenvalue weighted by atomic mass is 9.91. The van der Waals surface area contributed by atoms with Crippen molar-refractivity contribution >= 4 is 52.5 Å². The summed E-state index contributed by atoms with van der Waals surface area (Å²) in [5, 5.41) is 11.8. The highest BCUT2D eigenvalue weighted by molar-refractivity contribution is 6.31. The third-order valence-corrected chi connectivity index (χ3v) is 13.0. The number of nitriles is 1. The highest BCUT2D eigenvalue weighted by Crippen LogP contribution is 2.34. The third-order valence-electron chi connectivity index (χ3n) is 12.7. The monoisotopic (exact) mass is 805 g/mol. The Morgan fingerprint density at radius 2 is 1.55 bits per heavy atom. The van der Waals surface area contributed by atoms with Gasteiger partial charge in [-0.1, -0.05) is 11.6 Å². The number of piperidine rings is 2. The predicted molar refractivity (Wildman–Crippen MR) is 218 cm³/mol. The Morgan fingerprint density at radius 3 is 2.22 bits per heavy atom. The number of amides is 5. The Morgan fingerprint density at radius 1 is 0.845 bits per heavy atom. The number of anilines is 2. The summed E-state index contributed by atoms with van der Waals surface area (Å²) in [7, 11) is 2.12. The molecule has 58 heavy (non-hydrogen) atoms. The lowest BCUT2D eigenvalue weighted by Crippen LogP contribution is -2.54. The number of hydrogen-bond acceptors (Lipinski definition) is 10. The van der Waals surface area contributed by atoms with Crippen molar-refractivity contribution < 1.29 is 28.7 Å². The average molecular weight is 806 g/mol. The number of piperazine rings is 1. The first-order valence-electron chi connectivity index (χ1n) is 20.4. The summed E-state index contributed by atoms with van der Waals surface area (Å²) in [6.45, 7) is 5.69. The Hall–Kier alpha value is -5.45. The van der Waals surface area contributed by atoms with Crippen LogP contribution in [0.3, 0.4) is 0 Å². The molecule has 0 aromatic heterocycles. The molecule has 1 atom stereocenters. The van der Waals surface area contributed by atoms with Gasteiger partial charge in [0.25, 0.3) is 17.7 Å². The number of hydrogen-bond donors (Lipinski definition) is 1. The first-order valence-corrected chi connectivity index (χ1v) is 20.8. The maximum atomic E-state index is 13.5. The summed E-state index contributed by atoms with van der Waals surface area (Å²) in [5.41, 5.74) is 3.72. The van der Waals surface area contributed by atoms with E-state index in [2.05, 4.69) is 33.1 Å². The minimum Gasteiger partial charge on any atom is -0.490 e. The summed E-state index contributed by atoms with van der Waals surface area (Å²) in [5.74, 6) is -0.700. The molecule has 0 bridgehead atoms. The van der Waals surface area contributed by atoms with Crippen LogP contribution >= 0.6 is 11.6 Å². The molecule has 5 aliphatic rings. The van der Waals surface area contributed by atoms with Crippen LogP contribution in [0.4, 0.5) is 11.4 Å².